The average Bonchev–Trinajstić information content (AvgIpc) is 3.73. The van der Waals surface area contributed by atoms with Gasteiger partial charge in [-0.3, -0.25) is 0 Å². The van der Waals surface area contributed by atoms with E-state index in [1.54, 1.807) is 0 Å². The maximum absolute atomic E-state index is 6.67. The number of rotatable bonds is 4. The van der Waals surface area contributed by atoms with Crippen LogP contribution in [0.3, 0.4) is 0 Å². The third kappa shape index (κ3) is 4.15. The predicted molar refractivity (Wildman–Crippen MR) is 194 cm³/mol. The van der Waals surface area contributed by atoms with Crippen molar-refractivity contribution in [2.75, 3.05) is 0 Å². The number of benzene rings is 7. The first-order valence-electron chi connectivity index (χ1n) is 15.9. The molecule has 5 heteroatoms. The van der Waals surface area contributed by atoms with Crippen LogP contribution in [0.4, 0.5) is 0 Å². The Hall–Kier alpha value is -6.59. The van der Waals surface area contributed by atoms with Gasteiger partial charge in [-0.1, -0.05) is 127 Å². The summed E-state index contributed by atoms with van der Waals surface area (Å²) in [5.74, 6) is 1.84. The highest BCUT2D eigenvalue weighted by atomic mass is 16.3. The maximum Gasteiger partial charge on any atom is 0.164 e. The topological polar surface area (TPSA) is 65.0 Å². The van der Waals surface area contributed by atoms with Crippen molar-refractivity contribution in [3.8, 4) is 45.3 Å². The number of nitrogens with zero attached hydrogens (tertiary/aromatic N) is 3. The second-order valence-electron chi connectivity index (χ2n) is 12.0. The first-order chi connectivity index (χ1) is 23.8. The molecule has 10 rings (SSSR count). The molecule has 0 atom stereocenters. The third-order valence-electron chi connectivity index (χ3n) is 9.15. The fourth-order valence-electron chi connectivity index (χ4n) is 6.91. The summed E-state index contributed by atoms with van der Waals surface area (Å²) in [5, 5.41) is 6.38. The molecule has 0 aliphatic rings. The van der Waals surface area contributed by atoms with E-state index in [4.69, 9.17) is 23.8 Å². The smallest absolute Gasteiger partial charge is 0.164 e. The number of hydrogen-bond donors (Lipinski definition) is 0. The van der Waals surface area contributed by atoms with E-state index in [0.717, 1.165) is 82.5 Å². The zero-order valence-electron chi connectivity index (χ0n) is 25.6. The summed E-state index contributed by atoms with van der Waals surface area (Å²) in [6.45, 7) is 0. The van der Waals surface area contributed by atoms with Crippen molar-refractivity contribution in [3.63, 3.8) is 0 Å². The highest BCUT2D eigenvalue weighted by Crippen LogP contribution is 2.41. The molecule has 0 spiro atoms. The van der Waals surface area contributed by atoms with Crippen molar-refractivity contribution in [1.82, 2.24) is 15.0 Å². The van der Waals surface area contributed by atoms with Gasteiger partial charge in [-0.05, 0) is 40.6 Å². The fourth-order valence-corrected chi connectivity index (χ4v) is 6.91. The van der Waals surface area contributed by atoms with Crippen molar-refractivity contribution in [2.24, 2.45) is 0 Å². The highest BCUT2D eigenvalue weighted by Gasteiger charge is 2.20. The molecule has 0 N–H and O–H groups in total. The Morgan fingerprint density at radius 1 is 0.354 bits per heavy atom. The van der Waals surface area contributed by atoms with E-state index in [0.29, 0.717) is 17.5 Å². The summed E-state index contributed by atoms with van der Waals surface area (Å²) in [7, 11) is 0. The van der Waals surface area contributed by atoms with Crippen LogP contribution >= 0.6 is 0 Å². The van der Waals surface area contributed by atoms with E-state index in [1.807, 2.05) is 66.7 Å². The Kier molecular flexibility index (Phi) is 5.81. The molecule has 224 valence electrons. The van der Waals surface area contributed by atoms with E-state index in [-0.39, 0.29) is 0 Å². The molecule has 5 nitrogen and oxygen atoms in total. The maximum atomic E-state index is 6.67. The number of fused-ring (bicyclic) bond motifs is 7. The lowest BCUT2D eigenvalue weighted by Crippen LogP contribution is -2.00. The van der Waals surface area contributed by atoms with Gasteiger partial charge in [0.05, 0.1) is 0 Å². The van der Waals surface area contributed by atoms with Crippen molar-refractivity contribution < 1.29 is 8.83 Å². The molecule has 10 aromatic rings. The van der Waals surface area contributed by atoms with Crippen molar-refractivity contribution in [2.45, 2.75) is 0 Å². The Balaban J connectivity index is 1.20. The van der Waals surface area contributed by atoms with Crippen LogP contribution in [-0.2, 0) is 0 Å². The third-order valence-corrected chi connectivity index (χ3v) is 9.15. The van der Waals surface area contributed by atoms with Crippen LogP contribution in [-0.4, -0.2) is 15.0 Å². The Bertz CT molecular complexity index is 2840. The lowest BCUT2D eigenvalue weighted by molar-refractivity contribution is 0.668. The van der Waals surface area contributed by atoms with E-state index in [1.165, 1.54) is 0 Å². The average molecular weight is 616 g/mol. The van der Waals surface area contributed by atoms with Gasteiger partial charge in [0.2, 0.25) is 0 Å². The summed E-state index contributed by atoms with van der Waals surface area (Å²) in [5.41, 5.74) is 8.19. The van der Waals surface area contributed by atoms with Crippen molar-refractivity contribution in [1.29, 1.82) is 0 Å². The molecule has 0 radical (unpaired) electrons. The highest BCUT2D eigenvalue weighted by molar-refractivity contribution is 6.15. The van der Waals surface area contributed by atoms with Gasteiger partial charge in [-0.15, -0.1) is 0 Å². The number of hydrogen-bond acceptors (Lipinski definition) is 5. The Morgan fingerprint density at radius 3 is 1.90 bits per heavy atom. The second kappa shape index (κ2) is 10.5. The van der Waals surface area contributed by atoms with Gasteiger partial charge >= 0.3 is 0 Å². The van der Waals surface area contributed by atoms with Gasteiger partial charge < -0.3 is 8.83 Å². The monoisotopic (exact) mass is 615 g/mol. The molecule has 48 heavy (non-hydrogen) atoms. The normalized spacial score (nSPS) is 11.8. The van der Waals surface area contributed by atoms with Crippen LogP contribution in [0.15, 0.2) is 160 Å². The van der Waals surface area contributed by atoms with Crippen LogP contribution in [0.25, 0.3) is 99.9 Å². The van der Waals surface area contributed by atoms with Gasteiger partial charge in [0.15, 0.2) is 17.5 Å². The number of furan rings is 2. The summed E-state index contributed by atoms with van der Waals surface area (Å²) >= 11 is 0. The van der Waals surface area contributed by atoms with Crippen LogP contribution in [0.5, 0.6) is 0 Å². The molecule has 0 amide bonds. The molecular formula is C43H25N3O2. The molecule has 0 unspecified atom stereocenters. The Labute approximate surface area is 274 Å². The number of aromatic nitrogens is 3. The summed E-state index contributed by atoms with van der Waals surface area (Å²) in [6, 6.07) is 51.6. The van der Waals surface area contributed by atoms with E-state index >= 15 is 0 Å². The zero-order chi connectivity index (χ0) is 31.6. The van der Waals surface area contributed by atoms with Crippen molar-refractivity contribution in [3.05, 3.63) is 152 Å². The van der Waals surface area contributed by atoms with Gasteiger partial charge in [-0.2, -0.15) is 0 Å². The lowest BCUT2D eigenvalue weighted by atomic mass is 9.99. The summed E-state index contributed by atoms with van der Waals surface area (Å²) < 4.78 is 12.8. The molecule has 0 saturated heterocycles. The standard InChI is InChI=1S/C43H25N3O2/c1-2-12-27(13-3-1)41-44-42(32-18-8-14-26-11-4-5-15-29(26)32)46-43(45-41)34-20-10-22-38-39(34)33-19-9-17-30(40(33)48-38)28-23-24-37-35(25-28)31-16-6-7-21-36(31)47-37/h1-25H. The van der Waals surface area contributed by atoms with Crippen LogP contribution in [0.2, 0.25) is 0 Å². The molecule has 0 bridgehead atoms. The lowest BCUT2D eigenvalue weighted by Gasteiger charge is -2.11. The van der Waals surface area contributed by atoms with Crippen LogP contribution in [0.1, 0.15) is 0 Å². The van der Waals surface area contributed by atoms with Gasteiger partial charge in [0.1, 0.15) is 22.3 Å². The van der Waals surface area contributed by atoms with E-state index < -0.39 is 0 Å². The molecule has 0 aliphatic carbocycles. The first-order valence-corrected chi connectivity index (χ1v) is 15.9. The summed E-state index contributed by atoms with van der Waals surface area (Å²) in [4.78, 5) is 15.3. The Morgan fingerprint density at radius 2 is 0.979 bits per heavy atom. The van der Waals surface area contributed by atoms with E-state index in [2.05, 4.69) is 84.9 Å². The molecule has 3 aromatic heterocycles. The largest absolute Gasteiger partial charge is 0.456 e. The van der Waals surface area contributed by atoms with Crippen molar-refractivity contribution >= 4 is 54.6 Å². The quantitative estimate of drug-likeness (QED) is 0.197. The number of para-hydroxylation sites is 2. The minimum Gasteiger partial charge on any atom is -0.456 e. The zero-order valence-corrected chi connectivity index (χ0v) is 25.6. The predicted octanol–water partition coefficient (Wildman–Crippen LogP) is 11.5. The first kappa shape index (κ1) is 26.6. The minimum atomic E-state index is 0.594. The second-order valence-corrected chi connectivity index (χ2v) is 12.0. The van der Waals surface area contributed by atoms with Gasteiger partial charge in [-0.25, -0.2) is 15.0 Å². The molecule has 0 aliphatic heterocycles. The van der Waals surface area contributed by atoms with Crippen LogP contribution < -0.4 is 0 Å². The SMILES string of the molecule is c1ccc(-c2nc(-c3cccc4ccccc34)nc(-c3cccc4oc5c(-c6ccc7oc8ccccc8c7c6)cccc5c34)n2)cc1. The van der Waals surface area contributed by atoms with Crippen LogP contribution in [0, 0.1) is 0 Å². The van der Waals surface area contributed by atoms with Gasteiger partial charge in [0.25, 0.3) is 0 Å². The summed E-state index contributed by atoms with van der Waals surface area (Å²) in [6.07, 6.45) is 0. The van der Waals surface area contributed by atoms with Gasteiger partial charge in [0, 0.05) is 43.8 Å². The molecule has 0 saturated carbocycles. The molecule has 7 aromatic carbocycles. The molecule has 3 heterocycles. The minimum absolute atomic E-state index is 0.594. The fraction of sp³-hybridized carbons (Fsp3) is 0. The molecular weight excluding hydrogens is 590 g/mol. The molecule has 0 fully saturated rings. The van der Waals surface area contributed by atoms with E-state index in [9.17, 15) is 0 Å².